The SMILES string of the molecule is c1ccc(-c2nc3cccc(-c4nc5ccccc5nc4C4CCC4)c3o2)cc1. The Morgan fingerprint density at radius 1 is 0.690 bits per heavy atom. The van der Waals surface area contributed by atoms with E-state index in [-0.39, 0.29) is 0 Å². The van der Waals surface area contributed by atoms with Gasteiger partial charge in [-0.15, -0.1) is 0 Å². The van der Waals surface area contributed by atoms with Crippen LogP contribution in [0.2, 0.25) is 0 Å². The van der Waals surface area contributed by atoms with Gasteiger partial charge in [0, 0.05) is 17.0 Å². The van der Waals surface area contributed by atoms with E-state index in [0.717, 1.165) is 44.6 Å². The van der Waals surface area contributed by atoms with E-state index in [1.807, 2.05) is 66.7 Å². The van der Waals surface area contributed by atoms with Crippen molar-refractivity contribution in [2.45, 2.75) is 25.2 Å². The van der Waals surface area contributed by atoms with E-state index < -0.39 is 0 Å². The molecule has 140 valence electrons. The first-order valence-corrected chi connectivity index (χ1v) is 10.1. The number of para-hydroxylation sites is 3. The van der Waals surface area contributed by atoms with Crippen LogP contribution in [0, 0.1) is 0 Å². The fourth-order valence-electron chi connectivity index (χ4n) is 4.02. The molecule has 2 heterocycles. The van der Waals surface area contributed by atoms with Gasteiger partial charge in [0.2, 0.25) is 5.89 Å². The van der Waals surface area contributed by atoms with E-state index in [1.165, 1.54) is 19.3 Å². The zero-order chi connectivity index (χ0) is 19.2. The van der Waals surface area contributed by atoms with Gasteiger partial charge in [-0.3, -0.25) is 0 Å². The summed E-state index contributed by atoms with van der Waals surface area (Å²) < 4.78 is 6.26. The minimum Gasteiger partial charge on any atom is -0.435 e. The van der Waals surface area contributed by atoms with Gasteiger partial charge in [0.05, 0.1) is 22.4 Å². The number of benzene rings is 3. The molecule has 0 radical (unpaired) electrons. The molecule has 4 nitrogen and oxygen atoms in total. The van der Waals surface area contributed by atoms with Gasteiger partial charge in [0.15, 0.2) is 5.58 Å². The first kappa shape index (κ1) is 16.4. The number of aromatic nitrogens is 3. The lowest BCUT2D eigenvalue weighted by atomic mass is 9.81. The third-order valence-corrected chi connectivity index (χ3v) is 5.78. The second kappa shape index (κ2) is 6.52. The average Bonchev–Trinajstić information content (AvgIpc) is 3.17. The molecule has 3 aromatic carbocycles. The third-order valence-electron chi connectivity index (χ3n) is 5.78. The molecule has 1 saturated carbocycles. The standard InChI is InChI=1S/C25H19N3O/c1-2-8-17(9-3-1)25-28-21-15-7-12-18(24(21)29-25)23-22(16-10-6-11-16)26-19-13-4-5-14-20(19)27-23/h1-5,7-9,12-16H,6,10-11H2. The van der Waals surface area contributed by atoms with Crippen molar-refractivity contribution >= 4 is 22.1 Å². The quantitative estimate of drug-likeness (QED) is 0.366. The number of nitrogens with zero attached hydrogens (tertiary/aromatic N) is 3. The van der Waals surface area contributed by atoms with Crippen LogP contribution >= 0.6 is 0 Å². The van der Waals surface area contributed by atoms with Crippen molar-refractivity contribution in [3.8, 4) is 22.7 Å². The normalized spacial score (nSPS) is 14.3. The number of fused-ring (bicyclic) bond motifs is 2. The van der Waals surface area contributed by atoms with E-state index >= 15 is 0 Å². The molecule has 0 aliphatic heterocycles. The summed E-state index contributed by atoms with van der Waals surface area (Å²) in [6, 6.07) is 24.2. The molecular formula is C25H19N3O. The summed E-state index contributed by atoms with van der Waals surface area (Å²) in [5.74, 6) is 1.10. The predicted octanol–water partition coefficient (Wildman–Crippen LogP) is 6.37. The van der Waals surface area contributed by atoms with Crippen LogP contribution in [0.4, 0.5) is 0 Å². The minimum absolute atomic E-state index is 0.467. The minimum atomic E-state index is 0.467. The lowest BCUT2D eigenvalue weighted by molar-refractivity contribution is 0.412. The van der Waals surface area contributed by atoms with Crippen molar-refractivity contribution in [2.24, 2.45) is 0 Å². The molecule has 1 aliphatic rings. The first-order chi connectivity index (χ1) is 14.4. The molecule has 0 atom stereocenters. The molecule has 0 unspecified atom stereocenters. The van der Waals surface area contributed by atoms with Gasteiger partial charge in [0.25, 0.3) is 0 Å². The van der Waals surface area contributed by atoms with Crippen molar-refractivity contribution in [3.05, 3.63) is 78.5 Å². The molecule has 2 aromatic heterocycles. The van der Waals surface area contributed by atoms with Gasteiger partial charge in [-0.25, -0.2) is 15.0 Å². The Labute approximate surface area is 168 Å². The number of hydrogen-bond donors (Lipinski definition) is 0. The topological polar surface area (TPSA) is 51.8 Å². The first-order valence-electron chi connectivity index (χ1n) is 10.1. The van der Waals surface area contributed by atoms with Gasteiger partial charge >= 0.3 is 0 Å². The highest BCUT2D eigenvalue weighted by Crippen LogP contribution is 2.42. The second-order valence-electron chi connectivity index (χ2n) is 7.61. The zero-order valence-corrected chi connectivity index (χ0v) is 15.9. The summed E-state index contributed by atoms with van der Waals surface area (Å²) in [5.41, 5.74) is 7.43. The predicted molar refractivity (Wildman–Crippen MR) is 115 cm³/mol. The molecule has 29 heavy (non-hydrogen) atoms. The Bertz CT molecular complexity index is 1340. The van der Waals surface area contributed by atoms with Gasteiger partial charge in [-0.2, -0.15) is 0 Å². The van der Waals surface area contributed by atoms with Crippen molar-refractivity contribution in [1.82, 2.24) is 15.0 Å². The summed E-state index contributed by atoms with van der Waals surface area (Å²) >= 11 is 0. The van der Waals surface area contributed by atoms with Crippen molar-refractivity contribution in [2.75, 3.05) is 0 Å². The maximum atomic E-state index is 6.26. The second-order valence-corrected chi connectivity index (χ2v) is 7.61. The summed E-state index contributed by atoms with van der Waals surface area (Å²) in [4.78, 5) is 14.8. The van der Waals surface area contributed by atoms with Crippen molar-refractivity contribution in [1.29, 1.82) is 0 Å². The van der Waals surface area contributed by atoms with Crippen LogP contribution in [0.5, 0.6) is 0 Å². The molecule has 0 N–H and O–H groups in total. The molecule has 5 aromatic rings. The average molecular weight is 377 g/mol. The Morgan fingerprint density at radius 2 is 1.41 bits per heavy atom. The summed E-state index contributed by atoms with van der Waals surface area (Å²) in [6.45, 7) is 0. The number of hydrogen-bond acceptors (Lipinski definition) is 4. The highest BCUT2D eigenvalue weighted by molar-refractivity contribution is 5.92. The maximum Gasteiger partial charge on any atom is 0.227 e. The van der Waals surface area contributed by atoms with Crippen molar-refractivity contribution < 1.29 is 4.42 Å². The van der Waals surface area contributed by atoms with Crippen molar-refractivity contribution in [3.63, 3.8) is 0 Å². The van der Waals surface area contributed by atoms with E-state index in [4.69, 9.17) is 19.4 Å². The van der Waals surface area contributed by atoms with Crippen LogP contribution in [0.15, 0.2) is 77.2 Å². The molecule has 0 saturated heterocycles. The van der Waals surface area contributed by atoms with Crippen LogP contribution in [-0.2, 0) is 0 Å². The third kappa shape index (κ3) is 2.71. The van der Waals surface area contributed by atoms with E-state index in [0.29, 0.717) is 11.8 Å². The Kier molecular flexibility index (Phi) is 3.69. The van der Waals surface area contributed by atoms with E-state index in [2.05, 4.69) is 6.07 Å². The van der Waals surface area contributed by atoms with Crippen LogP contribution in [-0.4, -0.2) is 15.0 Å². The zero-order valence-electron chi connectivity index (χ0n) is 15.9. The lowest BCUT2D eigenvalue weighted by Gasteiger charge is -2.26. The van der Waals surface area contributed by atoms with Crippen LogP contribution in [0.3, 0.4) is 0 Å². The summed E-state index contributed by atoms with van der Waals surface area (Å²) in [5, 5.41) is 0. The molecule has 0 bridgehead atoms. The monoisotopic (exact) mass is 377 g/mol. The largest absolute Gasteiger partial charge is 0.435 e. The highest BCUT2D eigenvalue weighted by atomic mass is 16.3. The number of oxazole rings is 1. The van der Waals surface area contributed by atoms with Crippen LogP contribution in [0.1, 0.15) is 30.9 Å². The molecule has 6 rings (SSSR count). The van der Waals surface area contributed by atoms with Gasteiger partial charge in [-0.05, 0) is 49.2 Å². The molecule has 0 spiro atoms. The van der Waals surface area contributed by atoms with Gasteiger partial charge in [0.1, 0.15) is 5.52 Å². The van der Waals surface area contributed by atoms with E-state index in [1.54, 1.807) is 0 Å². The number of rotatable bonds is 3. The molecule has 1 aliphatic carbocycles. The van der Waals surface area contributed by atoms with Gasteiger partial charge in [-0.1, -0.05) is 42.8 Å². The van der Waals surface area contributed by atoms with Crippen LogP contribution < -0.4 is 0 Å². The highest BCUT2D eigenvalue weighted by Gasteiger charge is 2.27. The Morgan fingerprint density at radius 3 is 2.17 bits per heavy atom. The molecular weight excluding hydrogens is 358 g/mol. The molecule has 4 heteroatoms. The van der Waals surface area contributed by atoms with E-state index in [9.17, 15) is 0 Å². The lowest BCUT2D eigenvalue weighted by Crippen LogP contribution is -2.13. The van der Waals surface area contributed by atoms with Crippen LogP contribution in [0.25, 0.3) is 44.8 Å². The summed E-state index contributed by atoms with van der Waals surface area (Å²) in [7, 11) is 0. The Hall–Kier alpha value is -3.53. The van der Waals surface area contributed by atoms with Gasteiger partial charge < -0.3 is 4.42 Å². The molecule has 0 amide bonds. The maximum absolute atomic E-state index is 6.26. The fourth-order valence-corrected chi connectivity index (χ4v) is 4.02. The Balaban J connectivity index is 1.60. The smallest absolute Gasteiger partial charge is 0.227 e. The molecule has 1 fully saturated rings. The fraction of sp³-hybridized carbons (Fsp3) is 0.160. The summed E-state index contributed by atoms with van der Waals surface area (Å²) in [6.07, 6.45) is 3.59.